The van der Waals surface area contributed by atoms with Crippen molar-refractivity contribution in [1.29, 1.82) is 0 Å². The Labute approximate surface area is 197 Å². The zero-order chi connectivity index (χ0) is 23.4. The predicted molar refractivity (Wildman–Crippen MR) is 128 cm³/mol. The Kier molecular flexibility index (Phi) is 7.35. The third-order valence-electron chi connectivity index (χ3n) is 5.83. The molecule has 0 radical (unpaired) electrons. The van der Waals surface area contributed by atoms with Gasteiger partial charge in [-0.25, -0.2) is 4.79 Å². The average molecular weight is 466 g/mol. The number of carboxylic acid groups (broad SMARTS) is 1. The summed E-state index contributed by atoms with van der Waals surface area (Å²) in [7, 11) is 0. The number of anilines is 1. The first-order valence-corrected chi connectivity index (χ1v) is 11.8. The molecule has 172 valence electrons. The fourth-order valence-electron chi connectivity index (χ4n) is 3.96. The molecule has 0 spiro atoms. The van der Waals surface area contributed by atoms with Gasteiger partial charge in [-0.2, -0.15) is 0 Å². The van der Waals surface area contributed by atoms with Crippen LogP contribution in [0.4, 0.5) is 5.69 Å². The number of hydrogen-bond donors (Lipinski definition) is 3. The molecule has 4 atom stereocenters. The van der Waals surface area contributed by atoms with Gasteiger partial charge >= 0.3 is 5.97 Å². The molecule has 1 aliphatic heterocycles. The number of nitrogen functional groups attached to an aromatic ring is 1. The monoisotopic (exact) mass is 465 g/mol. The van der Waals surface area contributed by atoms with E-state index in [1.54, 1.807) is 12.1 Å². The second kappa shape index (κ2) is 10.4. The molecule has 1 heterocycles. The minimum absolute atomic E-state index is 0.00627. The van der Waals surface area contributed by atoms with Gasteiger partial charge < -0.3 is 25.4 Å². The van der Waals surface area contributed by atoms with Crippen LogP contribution in [0.5, 0.6) is 0 Å². The Morgan fingerprint density at radius 3 is 2.45 bits per heavy atom. The second-order valence-electron chi connectivity index (χ2n) is 8.10. The SMILES string of the molecule is C[C@@H]1[C@H](CSc2ccccc2C(=O)O)O[C@H](c2cccc(N)c2)O[C@@H]1c1ccc(CO)cc1. The van der Waals surface area contributed by atoms with Gasteiger partial charge in [-0.1, -0.05) is 55.5 Å². The number of carbonyl (C=O) groups is 1. The van der Waals surface area contributed by atoms with Gasteiger partial charge in [0.1, 0.15) is 0 Å². The molecule has 1 aliphatic rings. The number of nitrogens with two attached hydrogens (primary N) is 1. The van der Waals surface area contributed by atoms with Crippen LogP contribution >= 0.6 is 11.8 Å². The number of rotatable bonds is 7. The van der Waals surface area contributed by atoms with Crippen molar-refractivity contribution in [1.82, 2.24) is 0 Å². The van der Waals surface area contributed by atoms with Gasteiger partial charge in [-0.3, -0.25) is 0 Å². The molecular weight excluding hydrogens is 438 g/mol. The highest BCUT2D eigenvalue weighted by Crippen LogP contribution is 2.43. The van der Waals surface area contributed by atoms with E-state index in [2.05, 4.69) is 6.92 Å². The van der Waals surface area contributed by atoms with Crippen molar-refractivity contribution in [3.05, 3.63) is 95.1 Å². The number of hydrogen-bond acceptors (Lipinski definition) is 6. The molecule has 3 aromatic rings. The molecule has 7 heteroatoms. The minimum atomic E-state index is -0.946. The van der Waals surface area contributed by atoms with E-state index >= 15 is 0 Å². The Bertz CT molecular complexity index is 1100. The smallest absolute Gasteiger partial charge is 0.336 e. The second-order valence-corrected chi connectivity index (χ2v) is 9.17. The van der Waals surface area contributed by atoms with E-state index in [4.69, 9.17) is 15.2 Å². The first kappa shape index (κ1) is 23.3. The van der Waals surface area contributed by atoms with Gasteiger partial charge in [0, 0.05) is 27.8 Å². The molecule has 0 amide bonds. The molecule has 0 unspecified atom stereocenters. The van der Waals surface area contributed by atoms with Gasteiger partial charge in [0.05, 0.1) is 24.4 Å². The lowest BCUT2D eigenvalue weighted by Gasteiger charge is -2.41. The average Bonchev–Trinajstić information content (AvgIpc) is 2.83. The number of aliphatic hydroxyl groups is 1. The Balaban J connectivity index is 1.61. The van der Waals surface area contributed by atoms with Crippen LogP contribution in [0, 0.1) is 5.92 Å². The van der Waals surface area contributed by atoms with Crippen molar-refractivity contribution in [3.8, 4) is 0 Å². The van der Waals surface area contributed by atoms with Crippen molar-refractivity contribution < 1.29 is 24.5 Å². The highest BCUT2D eigenvalue weighted by Gasteiger charge is 2.38. The summed E-state index contributed by atoms with van der Waals surface area (Å²) in [5, 5.41) is 18.9. The summed E-state index contributed by atoms with van der Waals surface area (Å²) < 4.78 is 12.8. The highest BCUT2D eigenvalue weighted by molar-refractivity contribution is 7.99. The number of aliphatic hydroxyl groups excluding tert-OH is 1. The van der Waals surface area contributed by atoms with Crippen LogP contribution in [-0.2, 0) is 16.1 Å². The lowest BCUT2D eigenvalue weighted by atomic mass is 9.91. The molecule has 4 N–H and O–H groups in total. The Hall–Kier alpha value is -2.84. The zero-order valence-electron chi connectivity index (χ0n) is 18.3. The quantitative estimate of drug-likeness (QED) is 0.332. The number of thioether (sulfide) groups is 1. The largest absolute Gasteiger partial charge is 0.478 e. The molecule has 6 nitrogen and oxygen atoms in total. The number of benzene rings is 3. The van der Waals surface area contributed by atoms with Crippen LogP contribution in [0.1, 0.15) is 46.4 Å². The van der Waals surface area contributed by atoms with Crippen molar-refractivity contribution in [2.24, 2.45) is 5.92 Å². The van der Waals surface area contributed by atoms with Crippen LogP contribution in [0.15, 0.2) is 77.7 Å². The maximum Gasteiger partial charge on any atom is 0.336 e. The summed E-state index contributed by atoms with van der Waals surface area (Å²) >= 11 is 1.47. The van der Waals surface area contributed by atoms with Gasteiger partial charge in [0.2, 0.25) is 0 Å². The molecular formula is C26H27NO5S. The summed E-state index contributed by atoms with van der Waals surface area (Å²) in [6, 6.07) is 22.2. The predicted octanol–water partition coefficient (Wildman–Crippen LogP) is 5.04. The van der Waals surface area contributed by atoms with Gasteiger partial charge in [0.15, 0.2) is 6.29 Å². The third-order valence-corrected chi connectivity index (χ3v) is 6.99. The van der Waals surface area contributed by atoms with Crippen LogP contribution in [0.3, 0.4) is 0 Å². The van der Waals surface area contributed by atoms with Crippen molar-refractivity contribution in [2.45, 2.75) is 36.9 Å². The number of carboxylic acids is 1. The molecule has 0 saturated carbocycles. The first-order valence-electron chi connectivity index (χ1n) is 10.8. The van der Waals surface area contributed by atoms with Crippen molar-refractivity contribution in [3.63, 3.8) is 0 Å². The van der Waals surface area contributed by atoms with Crippen LogP contribution < -0.4 is 5.73 Å². The van der Waals surface area contributed by atoms with Crippen LogP contribution in [0.25, 0.3) is 0 Å². The molecule has 33 heavy (non-hydrogen) atoms. The lowest BCUT2D eigenvalue weighted by molar-refractivity contribution is -0.268. The van der Waals surface area contributed by atoms with Crippen molar-refractivity contribution >= 4 is 23.4 Å². The van der Waals surface area contributed by atoms with E-state index in [-0.39, 0.29) is 30.3 Å². The molecule has 1 saturated heterocycles. The zero-order valence-corrected chi connectivity index (χ0v) is 19.1. The van der Waals surface area contributed by atoms with Crippen LogP contribution in [-0.4, -0.2) is 28.0 Å². The third kappa shape index (κ3) is 5.39. The molecule has 3 aromatic carbocycles. The summed E-state index contributed by atoms with van der Waals surface area (Å²) in [4.78, 5) is 12.3. The van der Waals surface area contributed by atoms with E-state index in [1.165, 1.54) is 11.8 Å². The van der Waals surface area contributed by atoms with E-state index in [1.807, 2.05) is 60.7 Å². The summed E-state index contributed by atoms with van der Waals surface area (Å²) in [6.07, 6.45) is -1.04. The molecule has 0 aliphatic carbocycles. The molecule has 0 bridgehead atoms. The number of ether oxygens (including phenoxy) is 2. The molecule has 1 fully saturated rings. The van der Waals surface area contributed by atoms with Crippen LogP contribution in [0.2, 0.25) is 0 Å². The normalized spacial score (nSPS) is 22.7. The maximum absolute atomic E-state index is 11.6. The molecule has 0 aromatic heterocycles. The number of aromatic carboxylic acids is 1. The van der Waals surface area contributed by atoms with E-state index < -0.39 is 12.3 Å². The van der Waals surface area contributed by atoms with Gasteiger partial charge in [-0.15, -0.1) is 11.8 Å². The summed E-state index contributed by atoms with van der Waals surface area (Å²) in [5.41, 5.74) is 9.57. The molecule has 4 rings (SSSR count). The summed E-state index contributed by atoms with van der Waals surface area (Å²) in [5.74, 6) is -0.371. The van der Waals surface area contributed by atoms with Crippen molar-refractivity contribution in [2.75, 3.05) is 11.5 Å². The van der Waals surface area contributed by atoms with Gasteiger partial charge in [-0.05, 0) is 35.4 Å². The summed E-state index contributed by atoms with van der Waals surface area (Å²) in [6.45, 7) is 2.06. The Morgan fingerprint density at radius 2 is 1.76 bits per heavy atom. The standard InChI is InChI=1S/C26H27NO5S/c1-16-22(15-33-23-8-3-2-7-21(23)25(29)30)31-26(19-5-4-6-20(27)13-19)32-24(16)18-11-9-17(14-28)10-12-18/h2-13,16,22,24,26,28H,14-15,27H2,1H3,(H,29,30)/t16-,22+,24+,26+/m1/s1. The van der Waals surface area contributed by atoms with E-state index in [0.29, 0.717) is 16.3 Å². The van der Waals surface area contributed by atoms with E-state index in [0.717, 1.165) is 16.7 Å². The Morgan fingerprint density at radius 1 is 1.00 bits per heavy atom. The fourth-order valence-corrected chi connectivity index (χ4v) is 5.17. The first-order chi connectivity index (χ1) is 16.0. The minimum Gasteiger partial charge on any atom is -0.478 e. The van der Waals surface area contributed by atoms with E-state index in [9.17, 15) is 15.0 Å². The lowest BCUT2D eigenvalue weighted by Crippen LogP contribution is -2.38. The fraction of sp³-hybridized carbons (Fsp3) is 0.269. The topological polar surface area (TPSA) is 102 Å². The van der Waals surface area contributed by atoms with Gasteiger partial charge in [0.25, 0.3) is 0 Å². The highest BCUT2D eigenvalue weighted by atomic mass is 32.2. The maximum atomic E-state index is 11.6.